The van der Waals surface area contributed by atoms with Crippen molar-refractivity contribution in [3.63, 3.8) is 0 Å². The summed E-state index contributed by atoms with van der Waals surface area (Å²) in [5, 5.41) is 0. The van der Waals surface area contributed by atoms with Gasteiger partial charge in [0.15, 0.2) is 0 Å². The number of aryl methyl sites for hydroxylation is 1. The summed E-state index contributed by atoms with van der Waals surface area (Å²) in [5.74, 6) is 0.279. The lowest BCUT2D eigenvalue weighted by molar-refractivity contribution is 0.255. The molecule has 6 heteroatoms. The highest BCUT2D eigenvalue weighted by Crippen LogP contribution is 2.21. The largest absolute Gasteiger partial charge is 0.330 e. The molecule has 1 saturated heterocycles. The molecule has 0 bridgehead atoms. The second-order valence-electron chi connectivity index (χ2n) is 5.85. The maximum atomic E-state index is 12.6. The zero-order valence-corrected chi connectivity index (χ0v) is 13.6. The molecule has 2 N–H and O–H groups in total. The molecule has 5 nitrogen and oxygen atoms in total. The first kappa shape index (κ1) is 16.4. The van der Waals surface area contributed by atoms with Gasteiger partial charge >= 0.3 is 0 Å². The number of hydrogen-bond acceptors (Lipinski definition) is 3. The molecule has 1 aromatic rings. The van der Waals surface area contributed by atoms with Gasteiger partial charge in [-0.1, -0.05) is 29.8 Å². The predicted molar refractivity (Wildman–Crippen MR) is 84.9 cm³/mol. The molecule has 1 atom stereocenters. The summed E-state index contributed by atoms with van der Waals surface area (Å²) in [5.41, 5.74) is 7.86. The third-order valence-corrected chi connectivity index (χ3v) is 5.96. The summed E-state index contributed by atoms with van der Waals surface area (Å²) in [6.45, 7) is 4.10. The fourth-order valence-corrected chi connectivity index (χ4v) is 4.12. The zero-order valence-electron chi connectivity index (χ0n) is 12.8. The lowest BCUT2D eigenvalue weighted by Gasteiger charge is -2.34. The third-order valence-electron chi connectivity index (χ3n) is 4.06. The van der Waals surface area contributed by atoms with Crippen LogP contribution in [0.5, 0.6) is 0 Å². The van der Waals surface area contributed by atoms with Crippen LogP contribution in [0.2, 0.25) is 0 Å². The van der Waals surface area contributed by atoms with Crippen LogP contribution in [0.3, 0.4) is 0 Å². The van der Waals surface area contributed by atoms with Gasteiger partial charge in [-0.05, 0) is 37.8 Å². The molecule has 1 aliphatic rings. The summed E-state index contributed by atoms with van der Waals surface area (Å²) in [4.78, 5) is 0. The molecule has 118 valence electrons. The minimum Gasteiger partial charge on any atom is -0.330 e. The van der Waals surface area contributed by atoms with Crippen LogP contribution in [0.1, 0.15) is 24.0 Å². The molecule has 0 amide bonds. The number of piperidine rings is 1. The Kier molecular flexibility index (Phi) is 5.37. The minimum atomic E-state index is -3.40. The van der Waals surface area contributed by atoms with Crippen molar-refractivity contribution in [2.24, 2.45) is 11.7 Å². The predicted octanol–water partition coefficient (Wildman–Crippen LogP) is 1.34. The molecule has 1 aromatic carbocycles. The maximum absolute atomic E-state index is 12.6. The highest BCUT2D eigenvalue weighted by atomic mass is 32.2. The SMILES string of the molecule is Cc1ccc(CN(C)S(=O)(=O)N2CCCC(CN)C2)cc1. The van der Waals surface area contributed by atoms with E-state index >= 15 is 0 Å². The van der Waals surface area contributed by atoms with Gasteiger partial charge in [0, 0.05) is 26.7 Å². The molecule has 1 fully saturated rings. The molecule has 1 heterocycles. The van der Waals surface area contributed by atoms with Crippen LogP contribution in [0, 0.1) is 12.8 Å². The van der Waals surface area contributed by atoms with Crippen molar-refractivity contribution >= 4 is 10.2 Å². The van der Waals surface area contributed by atoms with E-state index in [0.29, 0.717) is 26.2 Å². The van der Waals surface area contributed by atoms with Gasteiger partial charge in [-0.2, -0.15) is 17.0 Å². The van der Waals surface area contributed by atoms with Gasteiger partial charge in [-0.3, -0.25) is 0 Å². The van der Waals surface area contributed by atoms with E-state index in [9.17, 15) is 8.42 Å². The van der Waals surface area contributed by atoms with Crippen molar-refractivity contribution in [2.45, 2.75) is 26.3 Å². The van der Waals surface area contributed by atoms with Gasteiger partial charge in [-0.25, -0.2) is 0 Å². The maximum Gasteiger partial charge on any atom is 0.282 e. The first-order valence-corrected chi connectivity index (χ1v) is 8.80. The lowest BCUT2D eigenvalue weighted by Crippen LogP contribution is -2.47. The monoisotopic (exact) mass is 311 g/mol. The second kappa shape index (κ2) is 6.87. The Morgan fingerprint density at radius 2 is 2.00 bits per heavy atom. The molecular formula is C15H25N3O2S. The lowest BCUT2D eigenvalue weighted by atomic mass is 10.0. The van der Waals surface area contributed by atoms with Gasteiger partial charge < -0.3 is 5.73 Å². The zero-order chi connectivity index (χ0) is 15.5. The normalized spacial score (nSPS) is 20.9. The number of nitrogens with two attached hydrogens (primary N) is 1. The average molecular weight is 311 g/mol. The van der Waals surface area contributed by atoms with Gasteiger partial charge in [0.2, 0.25) is 0 Å². The topological polar surface area (TPSA) is 66.6 Å². The molecule has 0 saturated carbocycles. The minimum absolute atomic E-state index is 0.279. The van der Waals surface area contributed by atoms with Gasteiger partial charge in [0.25, 0.3) is 10.2 Å². The molecule has 0 aromatic heterocycles. The quantitative estimate of drug-likeness (QED) is 0.892. The Balaban J connectivity index is 2.05. The van der Waals surface area contributed by atoms with E-state index in [-0.39, 0.29) is 5.92 Å². The van der Waals surface area contributed by atoms with Crippen LogP contribution < -0.4 is 5.73 Å². The highest BCUT2D eigenvalue weighted by Gasteiger charge is 2.31. The first-order chi connectivity index (χ1) is 9.93. The van der Waals surface area contributed by atoms with Crippen LogP contribution >= 0.6 is 0 Å². The van der Waals surface area contributed by atoms with Crippen LogP contribution in [0.15, 0.2) is 24.3 Å². The molecule has 21 heavy (non-hydrogen) atoms. The van der Waals surface area contributed by atoms with Crippen molar-refractivity contribution in [3.05, 3.63) is 35.4 Å². The van der Waals surface area contributed by atoms with Gasteiger partial charge in [-0.15, -0.1) is 0 Å². The molecule has 0 spiro atoms. The molecule has 0 radical (unpaired) electrons. The van der Waals surface area contributed by atoms with Crippen molar-refractivity contribution < 1.29 is 8.42 Å². The summed E-state index contributed by atoms with van der Waals surface area (Å²) < 4.78 is 28.3. The van der Waals surface area contributed by atoms with E-state index < -0.39 is 10.2 Å². The molecule has 0 aliphatic carbocycles. The Morgan fingerprint density at radius 1 is 1.33 bits per heavy atom. The standard InChI is InChI=1S/C15H25N3O2S/c1-13-5-7-14(8-6-13)11-17(2)21(19,20)18-9-3-4-15(10-16)12-18/h5-8,15H,3-4,9-12,16H2,1-2H3. The summed E-state index contributed by atoms with van der Waals surface area (Å²) >= 11 is 0. The summed E-state index contributed by atoms with van der Waals surface area (Å²) in [6.07, 6.45) is 1.91. The summed E-state index contributed by atoms with van der Waals surface area (Å²) in [7, 11) is -1.76. The van der Waals surface area contributed by atoms with Crippen molar-refractivity contribution in [2.75, 3.05) is 26.7 Å². The molecule has 2 rings (SSSR count). The van der Waals surface area contributed by atoms with Crippen LogP contribution in [0.4, 0.5) is 0 Å². The van der Waals surface area contributed by atoms with Crippen molar-refractivity contribution in [1.82, 2.24) is 8.61 Å². The van der Waals surface area contributed by atoms with E-state index in [1.165, 1.54) is 9.87 Å². The van der Waals surface area contributed by atoms with Gasteiger partial charge in [0.1, 0.15) is 0 Å². The van der Waals surface area contributed by atoms with E-state index in [0.717, 1.165) is 18.4 Å². The smallest absolute Gasteiger partial charge is 0.282 e. The second-order valence-corrected chi connectivity index (χ2v) is 7.89. The Bertz CT molecular complexity index is 557. The fourth-order valence-electron chi connectivity index (χ4n) is 2.66. The van der Waals surface area contributed by atoms with E-state index in [2.05, 4.69) is 0 Å². The van der Waals surface area contributed by atoms with Gasteiger partial charge in [0.05, 0.1) is 0 Å². The van der Waals surface area contributed by atoms with E-state index in [1.54, 1.807) is 11.4 Å². The Hall–Kier alpha value is -0.950. The Labute approximate surface area is 127 Å². The van der Waals surface area contributed by atoms with E-state index in [1.807, 2.05) is 31.2 Å². The number of benzene rings is 1. The highest BCUT2D eigenvalue weighted by molar-refractivity contribution is 7.86. The van der Waals surface area contributed by atoms with Crippen molar-refractivity contribution in [3.8, 4) is 0 Å². The molecular weight excluding hydrogens is 286 g/mol. The number of rotatable bonds is 5. The van der Waals surface area contributed by atoms with E-state index in [4.69, 9.17) is 5.73 Å². The van der Waals surface area contributed by atoms with Crippen LogP contribution in [-0.2, 0) is 16.8 Å². The van der Waals surface area contributed by atoms with Crippen molar-refractivity contribution in [1.29, 1.82) is 0 Å². The fraction of sp³-hybridized carbons (Fsp3) is 0.600. The number of hydrogen-bond donors (Lipinski definition) is 1. The number of nitrogens with zero attached hydrogens (tertiary/aromatic N) is 2. The van der Waals surface area contributed by atoms with Crippen LogP contribution in [0.25, 0.3) is 0 Å². The average Bonchev–Trinajstić information content (AvgIpc) is 2.49. The summed E-state index contributed by atoms with van der Waals surface area (Å²) in [6, 6.07) is 7.95. The first-order valence-electron chi connectivity index (χ1n) is 7.40. The van der Waals surface area contributed by atoms with Crippen LogP contribution in [-0.4, -0.2) is 43.7 Å². The molecule has 1 unspecified atom stereocenters. The molecule has 1 aliphatic heterocycles. The third kappa shape index (κ3) is 4.03. The Morgan fingerprint density at radius 3 is 2.62 bits per heavy atom.